The first-order chi connectivity index (χ1) is 6.20. The molecule has 0 heterocycles. The van der Waals surface area contributed by atoms with Crippen LogP contribution in [-0.4, -0.2) is 11.8 Å². The van der Waals surface area contributed by atoms with Gasteiger partial charge in [0.25, 0.3) is 0 Å². The molecule has 0 spiro atoms. The van der Waals surface area contributed by atoms with Gasteiger partial charge in [-0.25, -0.2) is 4.39 Å². The number of hydrogen-bond donors (Lipinski definition) is 1. The van der Waals surface area contributed by atoms with E-state index in [0.29, 0.717) is 11.1 Å². The third kappa shape index (κ3) is 1.25. The van der Waals surface area contributed by atoms with Crippen molar-refractivity contribution < 1.29 is 9.18 Å². The van der Waals surface area contributed by atoms with Crippen LogP contribution in [0.4, 0.5) is 4.39 Å². The molecule has 0 radical (unpaired) electrons. The number of carbonyl (C=O) groups is 1. The van der Waals surface area contributed by atoms with Gasteiger partial charge in [-0.1, -0.05) is 24.3 Å². The molecule has 2 rings (SSSR count). The van der Waals surface area contributed by atoms with Gasteiger partial charge in [-0.15, -0.1) is 0 Å². The van der Waals surface area contributed by atoms with Crippen molar-refractivity contribution in [1.29, 1.82) is 0 Å². The molecule has 2 N–H and O–H groups in total. The summed E-state index contributed by atoms with van der Waals surface area (Å²) in [4.78, 5) is 11.5. The topological polar surface area (TPSA) is 43.1 Å². The lowest BCUT2D eigenvalue weighted by Crippen LogP contribution is -2.36. The van der Waals surface area contributed by atoms with E-state index in [-0.39, 0.29) is 12.2 Å². The summed E-state index contributed by atoms with van der Waals surface area (Å²) < 4.78 is 13.4. The zero-order valence-corrected chi connectivity index (χ0v) is 7.03. The van der Waals surface area contributed by atoms with Crippen LogP contribution < -0.4 is 5.73 Å². The Morgan fingerprint density at radius 2 is 2.08 bits per heavy atom. The Labute approximate surface area is 75.6 Å². The van der Waals surface area contributed by atoms with Crippen molar-refractivity contribution in [2.24, 2.45) is 5.73 Å². The minimum absolute atomic E-state index is 0.107. The SMILES string of the molecule is NC1CC(F)c2ccccc2C1=O. The molecule has 2 nitrogen and oxygen atoms in total. The molecular weight excluding hydrogens is 169 g/mol. The fraction of sp³-hybridized carbons (Fsp3) is 0.300. The molecule has 1 aliphatic rings. The van der Waals surface area contributed by atoms with Crippen molar-refractivity contribution in [3.05, 3.63) is 35.4 Å². The molecule has 0 aromatic heterocycles. The average Bonchev–Trinajstić information content (AvgIpc) is 2.15. The number of nitrogens with two attached hydrogens (primary N) is 1. The molecule has 68 valence electrons. The number of halogens is 1. The molecule has 0 bridgehead atoms. The molecule has 2 atom stereocenters. The first-order valence-electron chi connectivity index (χ1n) is 4.23. The highest BCUT2D eigenvalue weighted by Crippen LogP contribution is 2.31. The van der Waals surface area contributed by atoms with Gasteiger partial charge in [-0.2, -0.15) is 0 Å². The highest BCUT2D eigenvalue weighted by molar-refractivity contribution is 6.02. The van der Waals surface area contributed by atoms with Crippen LogP contribution in [0.3, 0.4) is 0 Å². The predicted molar refractivity (Wildman–Crippen MR) is 47.2 cm³/mol. The summed E-state index contributed by atoms with van der Waals surface area (Å²) in [7, 11) is 0. The van der Waals surface area contributed by atoms with Gasteiger partial charge in [0.1, 0.15) is 6.17 Å². The lowest BCUT2D eigenvalue weighted by molar-refractivity contribution is 0.0920. The molecule has 13 heavy (non-hydrogen) atoms. The Bertz CT molecular complexity index is 351. The third-order valence-electron chi connectivity index (χ3n) is 2.36. The Morgan fingerprint density at radius 1 is 1.38 bits per heavy atom. The van der Waals surface area contributed by atoms with Crippen LogP contribution >= 0.6 is 0 Å². The van der Waals surface area contributed by atoms with E-state index in [1.807, 2.05) is 0 Å². The monoisotopic (exact) mass is 179 g/mol. The van der Waals surface area contributed by atoms with Gasteiger partial charge in [0.15, 0.2) is 5.78 Å². The highest BCUT2D eigenvalue weighted by Gasteiger charge is 2.30. The fourth-order valence-electron chi connectivity index (χ4n) is 1.65. The number of fused-ring (bicyclic) bond motifs is 1. The summed E-state index contributed by atoms with van der Waals surface area (Å²) in [6, 6.07) is 6.05. The number of ketones is 1. The van der Waals surface area contributed by atoms with Crippen LogP contribution in [-0.2, 0) is 0 Å². The zero-order valence-electron chi connectivity index (χ0n) is 7.03. The number of rotatable bonds is 0. The van der Waals surface area contributed by atoms with E-state index in [2.05, 4.69) is 0 Å². The van der Waals surface area contributed by atoms with Gasteiger partial charge in [-0.3, -0.25) is 4.79 Å². The molecule has 3 heteroatoms. The fourth-order valence-corrected chi connectivity index (χ4v) is 1.65. The minimum atomic E-state index is -1.09. The molecule has 1 aromatic rings. The lowest BCUT2D eigenvalue weighted by atomic mass is 9.86. The Balaban J connectivity index is 2.54. The van der Waals surface area contributed by atoms with Crippen LogP contribution in [0.25, 0.3) is 0 Å². The second-order valence-electron chi connectivity index (χ2n) is 3.26. The second kappa shape index (κ2) is 2.92. The van der Waals surface area contributed by atoms with Crippen molar-refractivity contribution in [3.63, 3.8) is 0 Å². The van der Waals surface area contributed by atoms with E-state index in [9.17, 15) is 9.18 Å². The summed E-state index contributed by atoms with van der Waals surface area (Å²) in [6.45, 7) is 0. The number of benzene rings is 1. The number of carbonyl (C=O) groups excluding carboxylic acids is 1. The smallest absolute Gasteiger partial charge is 0.180 e. The van der Waals surface area contributed by atoms with E-state index in [0.717, 1.165) is 0 Å². The lowest BCUT2D eigenvalue weighted by Gasteiger charge is -2.22. The van der Waals surface area contributed by atoms with Crippen LogP contribution in [0.5, 0.6) is 0 Å². The van der Waals surface area contributed by atoms with E-state index in [1.54, 1.807) is 24.3 Å². The Kier molecular flexibility index (Phi) is 1.88. The number of hydrogen-bond acceptors (Lipinski definition) is 2. The maximum atomic E-state index is 13.4. The Morgan fingerprint density at radius 3 is 2.85 bits per heavy atom. The van der Waals surface area contributed by atoms with E-state index < -0.39 is 12.2 Å². The van der Waals surface area contributed by atoms with Crippen molar-refractivity contribution >= 4 is 5.78 Å². The van der Waals surface area contributed by atoms with E-state index in [1.165, 1.54) is 0 Å². The molecule has 0 amide bonds. The number of alkyl halides is 1. The van der Waals surface area contributed by atoms with Gasteiger partial charge in [0.05, 0.1) is 6.04 Å². The van der Waals surface area contributed by atoms with Crippen molar-refractivity contribution in [2.45, 2.75) is 18.6 Å². The van der Waals surface area contributed by atoms with Gasteiger partial charge < -0.3 is 5.73 Å². The molecule has 1 aromatic carbocycles. The quantitative estimate of drug-likeness (QED) is 0.657. The molecule has 0 saturated heterocycles. The molecule has 0 aliphatic heterocycles. The second-order valence-corrected chi connectivity index (χ2v) is 3.26. The summed E-state index contributed by atoms with van der Waals surface area (Å²) >= 11 is 0. The average molecular weight is 179 g/mol. The first-order valence-corrected chi connectivity index (χ1v) is 4.23. The summed E-state index contributed by atoms with van der Waals surface area (Å²) in [5, 5.41) is 0. The molecule has 0 saturated carbocycles. The minimum Gasteiger partial charge on any atom is -0.321 e. The molecular formula is C10H10FNO. The maximum Gasteiger partial charge on any atom is 0.180 e. The first kappa shape index (κ1) is 8.38. The normalized spacial score (nSPS) is 27.1. The Hall–Kier alpha value is -1.22. The van der Waals surface area contributed by atoms with Crippen LogP contribution in [0.1, 0.15) is 28.5 Å². The molecule has 0 fully saturated rings. The van der Waals surface area contributed by atoms with Gasteiger partial charge in [-0.05, 0) is 5.56 Å². The largest absolute Gasteiger partial charge is 0.321 e. The van der Waals surface area contributed by atoms with Crippen molar-refractivity contribution in [3.8, 4) is 0 Å². The predicted octanol–water partition coefficient (Wildman–Crippen LogP) is 1.61. The third-order valence-corrected chi connectivity index (χ3v) is 2.36. The zero-order chi connectivity index (χ0) is 9.42. The van der Waals surface area contributed by atoms with Gasteiger partial charge >= 0.3 is 0 Å². The van der Waals surface area contributed by atoms with Crippen LogP contribution in [0.15, 0.2) is 24.3 Å². The van der Waals surface area contributed by atoms with E-state index in [4.69, 9.17) is 5.73 Å². The van der Waals surface area contributed by atoms with Crippen LogP contribution in [0, 0.1) is 0 Å². The maximum absolute atomic E-state index is 13.4. The molecule has 1 aliphatic carbocycles. The van der Waals surface area contributed by atoms with E-state index >= 15 is 0 Å². The number of Topliss-reactive ketones (excluding diaryl/α,β-unsaturated/α-hetero) is 1. The van der Waals surface area contributed by atoms with Gasteiger partial charge in [0.2, 0.25) is 0 Å². The summed E-state index contributed by atoms with van der Waals surface area (Å²) in [5.74, 6) is -0.149. The highest BCUT2D eigenvalue weighted by atomic mass is 19.1. The molecule has 2 unspecified atom stereocenters. The van der Waals surface area contributed by atoms with Gasteiger partial charge in [0, 0.05) is 12.0 Å². The van der Waals surface area contributed by atoms with Crippen LogP contribution in [0.2, 0.25) is 0 Å². The van der Waals surface area contributed by atoms with Crippen molar-refractivity contribution in [2.75, 3.05) is 0 Å². The summed E-state index contributed by atoms with van der Waals surface area (Å²) in [6.07, 6.45) is -0.987. The summed E-state index contributed by atoms with van der Waals surface area (Å²) in [5.41, 5.74) is 6.41. The standard InChI is InChI=1S/C10H10FNO/c11-8-5-9(12)10(13)7-4-2-1-3-6(7)8/h1-4,8-9H,5,12H2. The van der Waals surface area contributed by atoms with Crippen molar-refractivity contribution in [1.82, 2.24) is 0 Å².